The van der Waals surface area contributed by atoms with Crippen LogP contribution in [0.1, 0.15) is 25.5 Å². The maximum Gasteiger partial charge on any atom is 0.0538 e. The molecule has 0 aliphatic carbocycles. The van der Waals surface area contributed by atoms with E-state index in [1.54, 1.807) is 0 Å². The molecule has 2 rings (SSSR count). The van der Waals surface area contributed by atoms with Gasteiger partial charge in [0.1, 0.15) is 0 Å². The molecule has 2 atom stereocenters. The van der Waals surface area contributed by atoms with Gasteiger partial charge in [0.15, 0.2) is 0 Å². The number of thioether (sulfide) groups is 1. The molecule has 1 aromatic rings. The van der Waals surface area contributed by atoms with Crippen molar-refractivity contribution in [2.24, 2.45) is 5.73 Å². The lowest BCUT2D eigenvalue weighted by atomic mass is 10.1. The minimum absolute atomic E-state index is 0.332. The van der Waals surface area contributed by atoms with Crippen molar-refractivity contribution in [2.75, 3.05) is 25.4 Å². The zero-order valence-corrected chi connectivity index (χ0v) is 11.5. The summed E-state index contributed by atoms with van der Waals surface area (Å²) in [4.78, 5) is 2.50. The molecule has 0 spiro atoms. The molecule has 1 aromatic heterocycles. The second kappa shape index (κ2) is 5.89. The minimum Gasteiger partial charge on any atom is -0.329 e. The average Bonchev–Trinajstić information content (AvgIpc) is 2.79. The van der Waals surface area contributed by atoms with Crippen molar-refractivity contribution in [3.63, 3.8) is 0 Å². The maximum absolute atomic E-state index is 5.95. The van der Waals surface area contributed by atoms with Gasteiger partial charge in [-0.15, -0.1) is 0 Å². The third kappa shape index (κ3) is 3.03. The van der Waals surface area contributed by atoms with Crippen LogP contribution in [0.3, 0.4) is 0 Å². The SMILES string of the molecule is CCn1cc(C(CN)N2CCSC(C)C2)cn1. The lowest BCUT2D eigenvalue weighted by Gasteiger charge is -2.36. The van der Waals surface area contributed by atoms with E-state index in [0.29, 0.717) is 17.8 Å². The molecule has 0 saturated carbocycles. The summed E-state index contributed by atoms with van der Waals surface area (Å²) in [5, 5.41) is 5.05. The lowest BCUT2D eigenvalue weighted by molar-refractivity contribution is 0.211. The summed E-state index contributed by atoms with van der Waals surface area (Å²) in [6.45, 7) is 8.25. The number of aromatic nitrogens is 2. The monoisotopic (exact) mass is 254 g/mol. The molecule has 1 aliphatic rings. The quantitative estimate of drug-likeness (QED) is 0.881. The van der Waals surface area contributed by atoms with E-state index in [9.17, 15) is 0 Å². The lowest BCUT2D eigenvalue weighted by Crippen LogP contribution is -2.42. The summed E-state index contributed by atoms with van der Waals surface area (Å²) < 4.78 is 1.97. The summed E-state index contributed by atoms with van der Waals surface area (Å²) in [6.07, 6.45) is 4.09. The van der Waals surface area contributed by atoms with Crippen LogP contribution < -0.4 is 5.73 Å². The summed E-state index contributed by atoms with van der Waals surface area (Å²) in [6, 6.07) is 0.332. The first kappa shape index (κ1) is 12.9. The maximum atomic E-state index is 5.95. The van der Waals surface area contributed by atoms with Crippen LogP contribution in [0.5, 0.6) is 0 Å². The number of nitrogens with two attached hydrogens (primary N) is 1. The highest BCUT2D eigenvalue weighted by Crippen LogP contribution is 2.26. The van der Waals surface area contributed by atoms with Gasteiger partial charge in [-0.1, -0.05) is 6.92 Å². The van der Waals surface area contributed by atoms with E-state index in [1.165, 1.54) is 11.3 Å². The van der Waals surface area contributed by atoms with E-state index in [0.717, 1.165) is 19.6 Å². The van der Waals surface area contributed by atoms with Crippen LogP contribution in [0.25, 0.3) is 0 Å². The molecule has 96 valence electrons. The van der Waals surface area contributed by atoms with E-state index >= 15 is 0 Å². The van der Waals surface area contributed by atoms with Gasteiger partial charge in [0.05, 0.1) is 12.2 Å². The highest BCUT2D eigenvalue weighted by molar-refractivity contribution is 7.99. The second-order valence-corrected chi connectivity index (χ2v) is 6.10. The van der Waals surface area contributed by atoms with Crippen LogP contribution in [-0.4, -0.2) is 45.3 Å². The molecule has 0 radical (unpaired) electrons. The van der Waals surface area contributed by atoms with Crippen molar-refractivity contribution in [1.29, 1.82) is 0 Å². The first-order valence-corrected chi connectivity index (χ1v) is 7.37. The molecule has 5 heteroatoms. The molecule has 2 heterocycles. The highest BCUT2D eigenvalue weighted by atomic mass is 32.2. The number of aryl methyl sites for hydroxylation is 1. The highest BCUT2D eigenvalue weighted by Gasteiger charge is 2.25. The normalized spacial score (nSPS) is 23.8. The Bertz CT molecular complexity index is 352. The van der Waals surface area contributed by atoms with Gasteiger partial charge in [0.25, 0.3) is 0 Å². The van der Waals surface area contributed by atoms with E-state index in [1.807, 2.05) is 10.9 Å². The van der Waals surface area contributed by atoms with Gasteiger partial charge >= 0.3 is 0 Å². The van der Waals surface area contributed by atoms with Crippen LogP contribution in [-0.2, 0) is 6.54 Å². The van der Waals surface area contributed by atoms with Crippen molar-refractivity contribution in [2.45, 2.75) is 31.7 Å². The standard InChI is InChI=1S/C12H22N4S/c1-3-16-9-11(7-14-16)12(6-13)15-4-5-17-10(2)8-15/h7,9-10,12H,3-6,8,13H2,1-2H3. The Morgan fingerprint density at radius 3 is 3.06 bits per heavy atom. The van der Waals surface area contributed by atoms with Gasteiger partial charge in [0, 0.05) is 48.9 Å². The zero-order valence-electron chi connectivity index (χ0n) is 10.7. The Morgan fingerprint density at radius 2 is 2.47 bits per heavy atom. The second-order valence-electron chi connectivity index (χ2n) is 4.56. The minimum atomic E-state index is 0.332. The summed E-state index contributed by atoms with van der Waals surface area (Å²) in [7, 11) is 0. The summed E-state index contributed by atoms with van der Waals surface area (Å²) >= 11 is 2.05. The van der Waals surface area contributed by atoms with Crippen molar-refractivity contribution in [3.05, 3.63) is 18.0 Å². The van der Waals surface area contributed by atoms with Gasteiger partial charge in [0.2, 0.25) is 0 Å². The molecule has 2 unspecified atom stereocenters. The Morgan fingerprint density at radius 1 is 1.65 bits per heavy atom. The van der Waals surface area contributed by atoms with Crippen molar-refractivity contribution in [1.82, 2.24) is 14.7 Å². The molecule has 1 saturated heterocycles. The Labute approximate surface area is 108 Å². The van der Waals surface area contributed by atoms with Gasteiger partial charge in [-0.05, 0) is 6.92 Å². The molecule has 4 nitrogen and oxygen atoms in total. The Hall–Kier alpha value is -0.520. The van der Waals surface area contributed by atoms with Crippen LogP contribution in [0.4, 0.5) is 0 Å². The molecule has 1 fully saturated rings. The smallest absolute Gasteiger partial charge is 0.0538 e. The Kier molecular flexibility index (Phi) is 4.48. The van der Waals surface area contributed by atoms with Crippen LogP contribution in [0.15, 0.2) is 12.4 Å². The first-order chi connectivity index (χ1) is 8.24. The zero-order chi connectivity index (χ0) is 12.3. The molecule has 0 amide bonds. The molecule has 0 aromatic carbocycles. The number of hydrogen-bond acceptors (Lipinski definition) is 4. The predicted molar refractivity (Wildman–Crippen MR) is 73.2 cm³/mol. The van der Waals surface area contributed by atoms with E-state index in [2.05, 4.69) is 41.8 Å². The number of nitrogens with zero attached hydrogens (tertiary/aromatic N) is 3. The van der Waals surface area contributed by atoms with Gasteiger partial charge < -0.3 is 5.73 Å². The molecular formula is C12H22N4S. The molecule has 17 heavy (non-hydrogen) atoms. The average molecular weight is 254 g/mol. The van der Waals surface area contributed by atoms with Gasteiger partial charge in [-0.3, -0.25) is 9.58 Å². The number of rotatable bonds is 4. The van der Waals surface area contributed by atoms with Crippen LogP contribution in [0.2, 0.25) is 0 Å². The third-order valence-corrected chi connectivity index (χ3v) is 4.43. The van der Waals surface area contributed by atoms with Gasteiger partial charge in [-0.25, -0.2) is 0 Å². The van der Waals surface area contributed by atoms with Crippen LogP contribution in [0, 0.1) is 0 Å². The van der Waals surface area contributed by atoms with E-state index < -0.39 is 0 Å². The molecule has 0 bridgehead atoms. The third-order valence-electron chi connectivity index (χ3n) is 3.30. The van der Waals surface area contributed by atoms with Gasteiger partial charge in [-0.2, -0.15) is 16.9 Å². The number of hydrogen-bond donors (Lipinski definition) is 1. The first-order valence-electron chi connectivity index (χ1n) is 6.32. The fourth-order valence-corrected chi connectivity index (χ4v) is 3.39. The summed E-state index contributed by atoms with van der Waals surface area (Å²) in [5.41, 5.74) is 7.20. The molecule has 2 N–H and O–H groups in total. The van der Waals surface area contributed by atoms with Crippen LogP contribution >= 0.6 is 11.8 Å². The van der Waals surface area contributed by atoms with E-state index in [-0.39, 0.29) is 0 Å². The summed E-state index contributed by atoms with van der Waals surface area (Å²) in [5.74, 6) is 1.21. The fraction of sp³-hybridized carbons (Fsp3) is 0.750. The van der Waals surface area contributed by atoms with E-state index in [4.69, 9.17) is 5.73 Å². The predicted octanol–water partition coefficient (Wildman–Crippen LogP) is 1.34. The Balaban J connectivity index is 2.09. The largest absolute Gasteiger partial charge is 0.329 e. The van der Waals surface area contributed by atoms with Crippen molar-refractivity contribution < 1.29 is 0 Å². The molecular weight excluding hydrogens is 232 g/mol. The van der Waals surface area contributed by atoms with Crippen molar-refractivity contribution in [3.8, 4) is 0 Å². The molecule has 1 aliphatic heterocycles. The van der Waals surface area contributed by atoms with Crippen molar-refractivity contribution >= 4 is 11.8 Å². The topological polar surface area (TPSA) is 47.1 Å². The fourth-order valence-electron chi connectivity index (χ4n) is 2.35.